The van der Waals surface area contributed by atoms with Gasteiger partial charge in [-0.15, -0.1) is 0 Å². The Morgan fingerprint density at radius 3 is 1.93 bits per heavy atom. The summed E-state index contributed by atoms with van der Waals surface area (Å²) in [5.41, 5.74) is 11.3. The average Bonchev–Trinajstić information content (AvgIpc) is 4.18. The van der Waals surface area contributed by atoms with Gasteiger partial charge in [-0.25, -0.2) is 0 Å². The van der Waals surface area contributed by atoms with E-state index >= 15 is 0 Å². The highest BCUT2D eigenvalue weighted by Crippen LogP contribution is 2.45. The summed E-state index contributed by atoms with van der Waals surface area (Å²) in [5, 5.41) is 8.54. The van der Waals surface area contributed by atoms with Gasteiger partial charge in [-0.05, 0) is 153 Å². The van der Waals surface area contributed by atoms with Gasteiger partial charge in [0.05, 0.1) is 24.8 Å². The second-order valence-corrected chi connectivity index (χ2v) is 21.7. The number of aromatic nitrogens is 2. The Morgan fingerprint density at radius 1 is 0.711 bits per heavy atom. The maximum absolute atomic E-state index is 14.7. The fourth-order valence-corrected chi connectivity index (χ4v) is 12.6. The first-order valence-electron chi connectivity index (χ1n) is 27.9. The van der Waals surface area contributed by atoms with Crippen LogP contribution in [0.5, 0.6) is 5.75 Å². The Kier molecular flexibility index (Phi) is 17.2. The molecule has 15 heteroatoms. The number of furan rings is 2. The second-order valence-electron chi connectivity index (χ2n) is 21.7. The maximum atomic E-state index is 14.7. The number of H-pyrrole nitrogens is 2. The minimum atomic E-state index is -0.201. The molecule has 15 nitrogen and oxygen atoms in total. The molecule has 3 aliphatic rings. The van der Waals surface area contributed by atoms with E-state index < -0.39 is 0 Å². The highest BCUT2D eigenvalue weighted by atomic mass is 16.5. The molecule has 0 bridgehead atoms. The molecule has 76 heavy (non-hydrogen) atoms. The standard InChI is InChI=1S/C61H81N7O8/c1-11-45-52(32-55-47(29-44(75-55)35-66(8)9)57(45)39(7)62-34-50-54(72-10)27-38(6)65-60(50)70)68(43-19-24-74-25-20-43)21-16-40-14-15-41(28-40)53-30-48-56(76-53)31-51(67(13-3)42-17-22-73-23-18-42)46(12-2)58(48)61(71)63-33-49-36(4)26-37(5)64-59(49)69/h26-27,29-32,40-43,62H,7,11-25,28,33-35H2,1-6,8-10H3,(H,63,71)(H,64,69)(H,65,70). The van der Waals surface area contributed by atoms with Crippen molar-refractivity contribution in [3.8, 4) is 5.75 Å². The summed E-state index contributed by atoms with van der Waals surface area (Å²) >= 11 is 0. The Balaban J connectivity index is 1.02. The number of anilines is 2. The van der Waals surface area contributed by atoms with E-state index in [0.717, 1.165) is 149 Å². The van der Waals surface area contributed by atoms with Gasteiger partial charge in [-0.1, -0.05) is 20.4 Å². The van der Waals surface area contributed by atoms with Gasteiger partial charge in [0.2, 0.25) is 0 Å². The van der Waals surface area contributed by atoms with Crippen LogP contribution in [0.1, 0.15) is 145 Å². The first kappa shape index (κ1) is 54.5. The van der Waals surface area contributed by atoms with Crippen molar-refractivity contribution >= 4 is 44.9 Å². The van der Waals surface area contributed by atoms with Crippen molar-refractivity contribution in [1.82, 2.24) is 25.5 Å². The van der Waals surface area contributed by atoms with Crippen LogP contribution in [-0.4, -0.2) is 93.6 Å². The molecule has 6 aromatic rings. The summed E-state index contributed by atoms with van der Waals surface area (Å²) in [6.07, 6.45) is 9.14. The lowest BCUT2D eigenvalue weighted by molar-refractivity contribution is 0.0841. The Labute approximate surface area is 447 Å². The summed E-state index contributed by atoms with van der Waals surface area (Å²) < 4.78 is 31.1. The summed E-state index contributed by atoms with van der Waals surface area (Å²) in [5.74, 6) is 2.79. The number of aryl methyl sites for hydroxylation is 3. The van der Waals surface area contributed by atoms with Crippen LogP contribution in [0.25, 0.3) is 27.6 Å². The monoisotopic (exact) mass is 1040 g/mol. The number of benzene rings is 2. The number of nitrogens with zero attached hydrogens (tertiary/aromatic N) is 3. The third kappa shape index (κ3) is 11.5. The predicted octanol–water partition coefficient (Wildman–Crippen LogP) is 10.3. The van der Waals surface area contributed by atoms with Gasteiger partial charge >= 0.3 is 0 Å². The molecule has 0 radical (unpaired) electrons. The van der Waals surface area contributed by atoms with Crippen LogP contribution < -0.4 is 36.3 Å². The van der Waals surface area contributed by atoms with Crippen molar-refractivity contribution in [3.05, 3.63) is 126 Å². The summed E-state index contributed by atoms with van der Waals surface area (Å²) in [7, 11) is 5.68. The van der Waals surface area contributed by atoms with Crippen LogP contribution >= 0.6 is 0 Å². The highest BCUT2D eigenvalue weighted by molar-refractivity contribution is 6.09. The molecule has 3 fully saturated rings. The van der Waals surface area contributed by atoms with Gasteiger partial charge in [0.15, 0.2) is 0 Å². The smallest absolute Gasteiger partial charge is 0.256 e. The lowest BCUT2D eigenvalue weighted by Gasteiger charge is -2.38. The van der Waals surface area contributed by atoms with E-state index in [2.05, 4.69) is 86.9 Å². The molecule has 4 aromatic heterocycles. The van der Waals surface area contributed by atoms with Crippen molar-refractivity contribution < 1.29 is 27.8 Å². The largest absolute Gasteiger partial charge is 0.496 e. The molecule has 9 rings (SSSR count). The number of pyridine rings is 2. The van der Waals surface area contributed by atoms with Crippen molar-refractivity contribution in [2.24, 2.45) is 5.92 Å². The van der Waals surface area contributed by atoms with Crippen molar-refractivity contribution in [1.29, 1.82) is 0 Å². The van der Waals surface area contributed by atoms with E-state index in [1.54, 1.807) is 7.11 Å². The third-order valence-corrected chi connectivity index (χ3v) is 16.4. The van der Waals surface area contributed by atoms with Crippen LogP contribution in [0, 0.1) is 26.7 Å². The highest BCUT2D eigenvalue weighted by Gasteiger charge is 2.34. The van der Waals surface area contributed by atoms with Gasteiger partial charge in [-0.3, -0.25) is 14.4 Å². The molecule has 408 valence electrons. The van der Waals surface area contributed by atoms with Crippen LogP contribution in [-0.2, 0) is 41.9 Å². The molecule has 2 unspecified atom stereocenters. The maximum Gasteiger partial charge on any atom is 0.256 e. The number of hydrogen-bond donors (Lipinski definition) is 4. The topological polar surface area (TPSA) is 171 Å². The Morgan fingerprint density at radius 2 is 1.30 bits per heavy atom. The van der Waals surface area contributed by atoms with Crippen molar-refractivity contribution in [2.45, 2.75) is 143 Å². The number of hydrogen-bond acceptors (Lipinski definition) is 12. The molecule has 4 N–H and O–H groups in total. The Bertz CT molecular complexity index is 3170. The molecule has 2 aliphatic heterocycles. The van der Waals surface area contributed by atoms with Gasteiger partial charge < -0.3 is 58.3 Å². The normalized spacial score (nSPS) is 17.5. The minimum Gasteiger partial charge on any atom is -0.496 e. The van der Waals surface area contributed by atoms with Crippen LogP contribution in [0.15, 0.2) is 61.4 Å². The fourth-order valence-electron chi connectivity index (χ4n) is 12.6. The van der Waals surface area contributed by atoms with E-state index in [1.165, 1.54) is 5.56 Å². The zero-order valence-electron chi connectivity index (χ0n) is 46.5. The van der Waals surface area contributed by atoms with Crippen LogP contribution in [0.3, 0.4) is 0 Å². The van der Waals surface area contributed by atoms with Gasteiger partial charge in [0.1, 0.15) is 28.4 Å². The number of nitrogens with one attached hydrogen (secondary N) is 4. The molecule has 1 aliphatic carbocycles. The van der Waals surface area contributed by atoms with Gasteiger partial charge in [0.25, 0.3) is 17.0 Å². The molecule has 1 saturated carbocycles. The lowest BCUT2D eigenvalue weighted by Crippen LogP contribution is -2.41. The first-order chi connectivity index (χ1) is 36.7. The summed E-state index contributed by atoms with van der Waals surface area (Å²) in [6, 6.07) is 13.1. The van der Waals surface area contributed by atoms with E-state index in [-0.39, 0.29) is 48.1 Å². The number of carbonyl (C=O) groups is 1. The summed E-state index contributed by atoms with van der Waals surface area (Å²) in [6.45, 7) is 22.3. The second kappa shape index (κ2) is 23.9. The molecule has 0 spiro atoms. The number of carbonyl (C=O) groups excluding carboxylic acids is 1. The number of methoxy groups -OCH3 is 1. The third-order valence-electron chi connectivity index (χ3n) is 16.4. The number of fused-ring (bicyclic) bond motifs is 2. The molecule has 6 heterocycles. The van der Waals surface area contributed by atoms with Crippen molar-refractivity contribution in [3.63, 3.8) is 0 Å². The van der Waals surface area contributed by atoms with E-state index in [1.807, 2.05) is 47.0 Å². The van der Waals surface area contributed by atoms with Crippen LogP contribution in [0.4, 0.5) is 11.4 Å². The summed E-state index contributed by atoms with van der Waals surface area (Å²) in [4.78, 5) is 54.1. The van der Waals surface area contributed by atoms with E-state index in [9.17, 15) is 14.4 Å². The minimum absolute atomic E-state index is 0.123. The van der Waals surface area contributed by atoms with E-state index in [4.69, 9.17) is 23.0 Å². The number of ether oxygens (including phenoxy) is 3. The lowest BCUT2D eigenvalue weighted by atomic mass is 9.93. The molecule has 2 atom stereocenters. The SMILES string of the molecule is C=C(NCc1c(OC)cc(C)[nH]c1=O)c1c(CC)c(N(CCC2CCC(c3cc4c(C(=O)NCc5c(C)cc(C)[nH]c5=O)c(CC)c(N(CC)C5CCOCC5)cc4o3)C2)C2CCOCC2)cc2oc(CN(C)C)cc12. The number of aromatic amines is 2. The van der Waals surface area contributed by atoms with Gasteiger partial charge in [0, 0.05) is 133 Å². The Hall–Kier alpha value is -6.29. The molecule has 2 saturated heterocycles. The van der Waals surface area contributed by atoms with Crippen molar-refractivity contribution in [2.75, 3.05) is 70.5 Å². The number of rotatable bonds is 21. The van der Waals surface area contributed by atoms with E-state index in [0.29, 0.717) is 67.8 Å². The zero-order valence-corrected chi connectivity index (χ0v) is 46.5. The molecule has 2 aromatic carbocycles. The first-order valence-corrected chi connectivity index (χ1v) is 27.9. The predicted molar refractivity (Wildman–Crippen MR) is 303 cm³/mol. The average molecular weight is 1040 g/mol. The molecular weight excluding hydrogens is 959 g/mol. The quantitative estimate of drug-likeness (QED) is 0.0539. The zero-order chi connectivity index (χ0) is 53.8. The number of amides is 1. The molecule has 1 amide bonds. The van der Waals surface area contributed by atoms with Gasteiger partial charge in [-0.2, -0.15) is 0 Å². The van der Waals surface area contributed by atoms with Crippen LogP contribution in [0.2, 0.25) is 0 Å². The fraction of sp³-hybridized carbons (Fsp3) is 0.525. The molecular formula is C61H81N7O8.